The molecule has 34 heavy (non-hydrogen) atoms. The summed E-state index contributed by atoms with van der Waals surface area (Å²) in [7, 11) is 0. The monoisotopic (exact) mass is 485 g/mol. The van der Waals surface area contributed by atoms with Crippen molar-refractivity contribution in [3.8, 4) is 0 Å². The van der Waals surface area contributed by atoms with Gasteiger partial charge in [0.1, 0.15) is 0 Å². The number of hydrogen-bond donors (Lipinski definition) is 1. The summed E-state index contributed by atoms with van der Waals surface area (Å²) in [6, 6.07) is 12.0. The van der Waals surface area contributed by atoms with Crippen molar-refractivity contribution in [3.05, 3.63) is 63.2 Å². The first-order valence-electron chi connectivity index (χ1n) is 11.5. The average Bonchev–Trinajstić information content (AvgIpc) is 2.87. The Labute approximate surface area is 203 Å². The second-order valence-electron chi connectivity index (χ2n) is 8.53. The second-order valence-corrected chi connectivity index (χ2v) is 8.97. The lowest BCUT2D eigenvalue weighted by atomic mass is 10.1. The van der Waals surface area contributed by atoms with Gasteiger partial charge in [-0.1, -0.05) is 11.6 Å². The summed E-state index contributed by atoms with van der Waals surface area (Å²) in [6.45, 7) is 3.92. The standard InChI is InChI=1S/C24H28ClN5O4/c25-18-4-6-19(7-5-18)27-12-14-29(15-13-27)23(31)17-26-24(32)21-16-20(30(33)34)8-9-22(21)28-10-2-1-3-11-28/h4-9,16H,1-3,10-15,17H2,(H,26,32). The molecule has 0 unspecified atom stereocenters. The van der Waals surface area contributed by atoms with Crippen LogP contribution in [0.2, 0.25) is 5.02 Å². The van der Waals surface area contributed by atoms with Crippen LogP contribution < -0.4 is 15.1 Å². The van der Waals surface area contributed by atoms with E-state index in [0.29, 0.717) is 36.9 Å². The first-order valence-corrected chi connectivity index (χ1v) is 11.9. The Morgan fingerprint density at radius 2 is 1.59 bits per heavy atom. The van der Waals surface area contributed by atoms with E-state index in [-0.39, 0.29) is 23.7 Å². The molecule has 2 amide bonds. The summed E-state index contributed by atoms with van der Waals surface area (Å²) < 4.78 is 0. The molecular weight excluding hydrogens is 458 g/mol. The van der Waals surface area contributed by atoms with Crippen molar-refractivity contribution in [1.82, 2.24) is 10.2 Å². The van der Waals surface area contributed by atoms with Crippen molar-refractivity contribution in [2.75, 3.05) is 55.6 Å². The van der Waals surface area contributed by atoms with Gasteiger partial charge in [-0.15, -0.1) is 0 Å². The minimum atomic E-state index is -0.512. The van der Waals surface area contributed by atoms with Gasteiger partial charge in [-0.2, -0.15) is 0 Å². The molecule has 0 saturated carbocycles. The Morgan fingerprint density at radius 1 is 0.912 bits per heavy atom. The summed E-state index contributed by atoms with van der Waals surface area (Å²) in [5.41, 5.74) is 1.82. The molecule has 2 aliphatic heterocycles. The molecule has 10 heteroatoms. The van der Waals surface area contributed by atoms with Gasteiger partial charge >= 0.3 is 0 Å². The highest BCUT2D eigenvalue weighted by Crippen LogP contribution is 2.28. The van der Waals surface area contributed by atoms with E-state index in [1.54, 1.807) is 11.0 Å². The fourth-order valence-electron chi connectivity index (χ4n) is 4.46. The normalized spacial score (nSPS) is 16.3. The van der Waals surface area contributed by atoms with Gasteiger partial charge in [0.25, 0.3) is 11.6 Å². The lowest BCUT2D eigenvalue weighted by Crippen LogP contribution is -2.51. The molecule has 1 N–H and O–H groups in total. The van der Waals surface area contributed by atoms with Crippen LogP contribution in [0.5, 0.6) is 0 Å². The molecule has 2 heterocycles. The molecular formula is C24H28ClN5O4. The van der Waals surface area contributed by atoms with Crippen LogP contribution in [0.1, 0.15) is 29.6 Å². The number of benzene rings is 2. The number of non-ortho nitro benzene ring substituents is 1. The molecule has 0 radical (unpaired) electrons. The number of nitrogens with one attached hydrogen (secondary N) is 1. The summed E-state index contributed by atoms with van der Waals surface area (Å²) in [4.78, 5) is 42.5. The number of amides is 2. The number of hydrogen-bond acceptors (Lipinski definition) is 6. The van der Waals surface area contributed by atoms with Crippen LogP contribution in [0, 0.1) is 10.1 Å². The van der Waals surface area contributed by atoms with Crippen molar-refractivity contribution in [3.63, 3.8) is 0 Å². The first kappa shape index (κ1) is 23.8. The molecule has 0 aliphatic carbocycles. The van der Waals surface area contributed by atoms with Crippen LogP contribution in [0.25, 0.3) is 0 Å². The van der Waals surface area contributed by atoms with Crippen LogP contribution >= 0.6 is 11.6 Å². The highest BCUT2D eigenvalue weighted by atomic mass is 35.5. The lowest BCUT2D eigenvalue weighted by Gasteiger charge is -2.36. The third-order valence-electron chi connectivity index (χ3n) is 6.36. The van der Waals surface area contributed by atoms with Gasteiger partial charge in [-0.05, 0) is 49.6 Å². The van der Waals surface area contributed by atoms with Crippen LogP contribution in [-0.2, 0) is 4.79 Å². The maximum Gasteiger partial charge on any atom is 0.270 e. The molecule has 2 fully saturated rings. The van der Waals surface area contributed by atoms with E-state index in [4.69, 9.17) is 11.6 Å². The third kappa shape index (κ3) is 5.59. The Bertz CT molecular complexity index is 1050. The molecule has 0 bridgehead atoms. The number of carbonyl (C=O) groups is 2. The zero-order valence-corrected chi connectivity index (χ0v) is 19.7. The molecule has 2 saturated heterocycles. The Hall–Kier alpha value is -3.33. The van der Waals surface area contributed by atoms with Crippen LogP contribution in [0.3, 0.4) is 0 Å². The minimum Gasteiger partial charge on any atom is -0.371 e. The van der Waals surface area contributed by atoms with Crippen LogP contribution in [0.4, 0.5) is 17.1 Å². The molecule has 2 aliphatic rings. The number of nitro benzene ring substituents is 1. The third-order valence-corrected chi connectivity index (χ3v) is 6.61. The molecule has 0 atom stereocenters. The number of halogens is 1. The number of carbonyl (C=O) groups excluding carboxylic acids is 2. The minimum absolute atomic E-state index is 0.143. The van der Waals surface area contributed by atoms with Crippen molar-refractivity contribution in [2.24, 2.45) is 0 Å². The SMILES string of the molecule is O=C(NCC(=O)N1CCN(c2ccc(Cl)cc2)CC1)c1cc([N+](=O)[O-])ccc1N1CCCCC1. The lowest BCUT2D eigenvalue weighted by molar-refractivity contribution is -0.384. The zero-order valence-electron chi connectivity index (χ0n) is 18.9. The fourth-order valence-corrected chi connectivity index (χ4v) is 4.58. The van der Waals surface area contributed by atoms with Crippen LogP contribution in [-0.4, -0.2) is 67.5 Å². The molecule has 4 rings (SSSR count). The van der Waals surface area contributed by atoms with Gasteiger partial charge in [0, 0.05) is 62.1 Å². The predicted molar refractivity (Wildman–Crippen MR) is 132 cm³/mol. The summed E-state index contributed by atoms with van der Waals surface area (Å²) in [6.07, 6.45) is 3.15. The number of anilines is 2. The number of piperidine rings is 1. The number of piperazine rings is 1. The van der Waals surface area contributed by atoms with E-state index in [1.807, 2.05) is 24.3 Å². The molecule has 0 spiro atoms. The van der Waals surface area contributed by atoms with Crippen molar-refractivity contribution >= 4 is 40.5 Å². The largest absolute Gasteiger partial charge is 0.371 e. The maximum absolute atomic E-state index is 13.0. The molecule has 9 nitrogen and oxygen atoms in total. The molecule has 0 aromatic heterocycles. The highest BCUT2D eigenvalue weighted by molar-refractivity contribution is 6.30. The number of nitrogens with zero attached hydrogens (tertiary/aromatic N) is 4. The van der Waals surface area contributed by atoms with E-state index in [0.717, 1.165) is 38.0 Å². The molecule has 2 aromatic rings. The van der Waals surface area contributed by atoms with Gasteiger partial charge in [0.2, 0.25) is 5.91 Å². The van der Waals surface area contributed by atoms with E-state index >= 15 is 0 Å². The summed E-state index contributed by atoms with van der Waals surface area (Å²) in [5.74, 6) is -0.647. The zero-order chi connectivity index (χ0) is 24.1. The Morgan fingerprint density at radius 3 is 2.24 bits per heavy atom. The van der Waals surface area contributed by atoms with Gasteiger partial charge in [-0.25, -0.2) is 0 Å². The van der Waals surface area contributed by atoms with E-state index in [9.17, 15) is 19.7 Å². The van der Waals surface area contributed by atoms with Gasteiger partial charge in [0.05, 0.1) is 22.7 Å². The van der Waals surface area contributed by atoms with Gasteiger partial charge < -0.3 is 20.0 Å². The van der Waals surface area contributed by atoms with E-state index < -0.39 is 10.8 Å². The predicted octanol–water partition coefficient (Wildman–Crippen LogP) is 3.32. The van der Waals surface area contributed by atoms with Crippen molar-refractivity contribution in [1.29, 1.82) is 0 Å². The quantitative estimate of drug-likeness (QED) is 0.497. The molecule has 180 valence electrons. The highest BCUT2D eigenvalue weighted by Gasteiger charge is 2.24. The van der Waals surface area contributed by atoms with E-state index in [2.05, 4.69) is 15.1 Å². The number of rotatable bonds is 6. The Balaban J connectivity index is 1.36. The smallest absolute Gasteiger partial charge is 0.270 e. The average molecular weight is 486 g/mol. The second kappa shape index (κ2) is 10.7. The maximum atomic E-state index is 13.0. The fraction of sp³-hybridized carbons (Fsp3) is 0.417. The molecule has 2 aromatic carbocycles. The van der Waals surface area contributed by atoms with Gasteiger partial charge in [-0.3, -0.25) is 19.7 Å². The van der Waals surface area contributed by atoms with Crippen molar-refractivity contribution in [2.45, 2.75) is 19.3 Å². The van der Waals surface area contributed by atoms with Gasteiger partial charge in [0.15, 0.2) is 0 Å². The topological polar surface area (TPSA) is 99.0 Å². The summed E-state index contributed by atoms with van der Waals surface area (Å²) >= 11 is 5.96. The Kier molecular flexibility index (Phi) is 7.52. The summed E-state index contributed by atoms with van der Waals surface area (Å²) in [5, 5.41) is 14.6. The first-order chi connectivity index (χ1) is 16.4. The van der Waals surface area contributed by atoms with Crippen molar-refractivity contribution < 1.29 is 14.5 Å². The van der Waals surface area contributed by atoms with E-state index in [1.165, 1.54) is 12.1 Å². The number of nitro groups is 1. The van der Waals surface area contributed by atoms with Crippen LogP contribution in [0.15, 0.2) is 42.5 Å².